The molecule has 1 aromatic carbocycles. The molecule has 1 aliphatic rings. The molecule has 0 saturated heterocycles. The van der Waals surface area contributed by atoms with Crippen molar-refractivity contribution >= 4 is 5.69 Å². The fourth-order valence-corrected chi connectivity index (χ4v) is 2.58. The van der Waals surface area contributed by atoms with Crippen molar-refractivity contribution in [2.24, 2.45) is 0 Å². The van der Waals surface area contributed by atoms with Crippen LogP contribution in [0.1, 0.15) is 30.4 Å². The number of aliphatic hydroxyl groups is 1. The molecule has 0 heterocycles. The Morgan fingerprint density at radius 3 is 2.56 bits per heavy atom. The average Bonchev–Trinajstić information content (AvgIpc) is 2.21. The summed E-state index contributed by atoms with van der Waals surface area (Å²) in [7, 11) is 0. The molecule has 2 rings (SSSR count). The lowest BCUT2D eigenvalue weighted by Gasteiger charge is -2.38. The van der Waals surface area contributed by atoms with Crippen molar-refractivity contribution in [3.05, 3.63) is 23.3 Å². The van der Waals surface area contributed by atoms with Crippen molar-refractivity contribution in [2.75, 3.05) is 5.73 Å². The van der Waals surface area contributed by atoms with Crippen molar-refractivity contribution < 1.29 is 23.4 Å². The number of rotatable bonds is 0. The van der Waals surface area contributed by atoms with Gasteiger partial charge in [0.15, 0.2) is 5.60 Å². The highest BCUT2D eigenvalue weighted by Gasteiger charge is 2.56. The van der Waals surface area contributed by atoms with Crippen molar-refractivity contribution in [3.8, 4) is 5.75 Å². The second-order valence-electron chi connectivity index (χ2n) is 4.89. The van der Waals surface area contributed by atoms with Crippen LogP contribution in [-0.4, -0.2) is 22.0 Å². The Labute approximate surface area is 102 Å². The molecule has 0 fully saturated rings. The van der Waals surface area contributed by atoms with Gasteiger partial charge in [0.1, 0.15) is 5.75 Å². The number of alkyl halides is 3. The van der Waals surface area contributed by atoms with Crippen LogP contribution in [-0.2, 0) is 6.42 Å². The highest BCUT2D eigenvalue weighted by molar-refractivity contribution is 5.60. The van der Waals surface area contributed by atoms with E-state index in [4.69, 9.17) is 5.73 Å². The van der Waals surface area contributed by atoms with E-state index in [1.54, 1.807) is 0 Å². The second-order valence-corrected chi connectivity index (χ2v) is 4.89. The summed E-state index contributed by atoms with van der Waals surface area (Å²) >= 11 is 0. The number of phenolic OH excluding ortho intramolecular Hbond substituents is 1. The van der Waals surface area contributed by atoms with Gasteiger partial charge in [0, 0.05) is 12.0 Å². The first kappa shape index (κ1) is 13.0. The third-order valence-corrected chi connectivity index (χ3v) is 3.49. The van der Waals surface area contributed by atoms with Gasteiger partial charge < -0.3 is 15.9 Å². The zero-order chi connectivity index (χ0) is 13.7. The Hall–Kier alpha value is -1.43. The monoisotopic (exact) mass is 261 g/mol. The number of aromatic hydroxyl groups is 1. The molecule has 1 aromatic rings. The predicted octanol–water partition coefficient (Wildman–Crippen LogP) is 2.32. The molecular weight excluding hydrogens is 247 g/mol. The summed E-state index contributed by atoms with van der Waals surface area (Å²) in [5.41, 5.74) is 3.63. The van der Waals surface area contributed by atoms with Gasteiger partial charge in [-0.05, 0) is 24.0 Å². The Kier molecular flexibility index (Phi) is 2.73. The first-order chi connectivity index (χ1) is 8.16. The van der Waals surface area contributed by atoms with Crippen molar-refractivity contribution in [1.82, 2.24) is 0 Å². The Bertz CT molecular complexity index is 487. The Morgan fingerprint density at radius 1 is 1.39 bits per heavy atom. The smallest absolute Gasteiger partial charge is 0.417 e. The molecule has 100 valence electrons. The van der Waals surface area contributed by atoms with Crippen molar-refractivity contribution in [1.29, 1.82) is 0 Å². The van der Waals surface area contributed by atoms with E-state index in [-0.39, 0.29) is 11.4 Å². The van der Waals surface area contributed by atoms with Gasteiger partial charge in [-0.15, -0.1) is 0 Å². The van der Waals surface area contributed by atoms with Crippen LogP contribution in [0.25, 0.3) is 0 Å². The molecule has 0 amide bonds. The van der Waals surface area contributed by atoms with Gasteiger partial charge >= 0.3 is 6.18 Å². The zero-order valence-electron chi connectivity index (χ0n) is 9.75. The van der Waals surface area contributed by atoms with E-state index < -0.39 is 30.5 Å². The van der Waals surface area contributed by atoms with Gasteiger partial charge in [0.25, 0.3) is 0 Å². The number of nitrogen functional groups attached to an aromatic ring is 1. The van der Waals surface area contributed by atoms with Gasteiger partial charge in [0.2, 0.25) is 0 Å². The van der Waals surface area contributed by atoms with Gasteiger partial charge in [-0.2, -0.15) is 13.2 Å². The molecule has 0 aromatic heterocycles. The first-order valence-corrected chi connectivity index (χ1v) is 5.55. The fourth-order valence-electron chi connectivity index (χ4n) is 2.58. The summed E-state index contributed by atoms with van der Waals surface area (Å²) in [6.45, 7) is 1.54. The van der Waals surface area contributed by atoms with E-state index in [0.29, 0.717) is 11.1 Å². The van der Waals surface area contributed by atoms with Crippen molar-refractivity contribution in [2.45, 2.75) is 37.5 Å². The molecule has 0 bridgehead atoms. The maximum Gasteiger partial charge on any atom is 0.417 e. The van der Waals surface area contributed by atoms with E-state index in [1.165, 1.54) is 19.1 Å². The molecular formula is C12H14F3NO2. The largest absolute Gasteiger partial charge is 0.505 e. The number of anilines is 1. The van der Waals surface area contributed by atoms with E-state index in [2.05, 4.69) is 0 Å². The number of hydrogen-bond acceptors (Lipinski definition) is 3. The molecule has 2 atom stereocenters. The number of phenols is 1. The molecule has 0 radical (unpaired) electrons. The molecule has 6 heteroatoms. The minimum absolute atomic E-state index is 0.137. The van der Waals surface area contributed by atoms with Crippen LogP contribution in [0.3, 0.4) is 0 Å². The van der Waals surface area contributed by atoms with Crippen LogP contribution in [0.5, 0.6) is 5.75 Å². The van der Waals surface area contributed by atoms with Crippen molar-refractivity contribution in [3.63, 3.8) is 0 Å². The second kappa shape index (κ2) is 3.78. The van der Waals surface area contributed by atoms with E-state index in [1.807, 2.05) is 0 Å². The first-order valence-electron chi connectivity index (χ1n) is 5.55. The summed E-state index contributed by atoms with van der Waals surface area (Å²) < 4.78 is 38.5. The minimum atomic E-state index is -4.68. The maximum absolute atomic E-state index is 12.8. The summed E-state index contributed by atoms with van der Waals surface area (Å²) in [6.07, 6.45) is -5.71. The molecule has 0 spiro atoms. The number of benzene rings is 1. The third kappa shape index (κ3) is 1.80. The van der Waals surface area contributed by atoms with Gasteiger partial charge in [-0.1, -0.05) is 13.0 Å². The van der Waals surface area contributed by atoms with Crippen LogP contribution < -0.4 is 5.73 Å². The van der Waals surface area contributed by atoms with Crippen LogP contribution in [0.2, 0.25) is 0 Å². The van der Waals surface area contributed by atoms with Crippen LogP contribution in [0.4, 0.5) is 18.9 Å². The average molecular weight is 261 g/mol. The number of fused-ring (bicyclic) bond motifs is 1. The van der Waals surface area contributed by atoms with E-state index in [0.717, 1.165) is 0 Å². The highest BCUT2D eigenvalue weighted by atomic mass is 19.4. The normalized spacial score (nSPS) is 27.9. The third-order valence-electron chi connectivity index (χ3n) is 3.49. The molecule has 0 saturated carbocycles. The highest BCUT2D eigenvalue weighted by Crippen LogP contribution is 2.48. The van der Waals surface area contributed by atoms with Gasteiger partial charge in [-0.25, -0.2) is 0 Å². The predicted molar refractivity (Wildman–Crippen MR) is 60.3 cm³/mol. The maximum atomic E-state index is 12.8. The van der Waals surface area contributed by atoms with Crippen LogP contribution in [0.15, 0.2) is 12.1 Å². The molecule has 18 heavy (non-hydrogen) atoms. The van der Waals surface area contributed by atoms with E-state index >= 15 is 0 Å². The summed E-state index contributed by atoms with van der Waals surface area (Å²) in [4.78, 5) is 0. The van der Waals surface area contributed by atoms with Gasteiger partial charge in [-0.3, -0.25) is 0 Å². The van der Waals surface area contributed by atoms with E-state index in [9.17, 15) is 23.4 Å². The summed E-state index contributed by atoms with van der Waals surface area (Å²) in [6, 6.07) is 2.78. The lowest BCUT2D eigenvalue weighted by atomic mass is 9.74. The van der Waals surface area contributed by atoms with Crippen LogP contribution >= 0.6 is 0 Å². The number of nitrogens with two attached hydrogens (primary N) is 1. The summed E-state index contributed by atoms with van der Waals surface area (Å²) in [5, 5.41) is 19.5. The molecule has 2 unspecified atom stereocenters. The topological polar surface area (TPSA) is 66.5 Å². The zero-order valence-corrected chi connectivity index (χ0v) is 9.75. The fraction of sp³-hybridized carbons (Fsp3) is 0.500. The standard InChI is InChI=1S/C12H14F3NO2/c1-6-4-11(18,12(13,14)15)5-7-2-3-8(16)10(17)9(6)7/h2-3,6,17-18H,4-5,16H2,1H3. The lowest BCUT2D eigenvalue weighted by molar-refractivity contribution is -0.265. The van der Waals surface area contributed by atoms with Gasteiger partial charge in [0.05, 0.1) is 5.69 Å². The molecule has 4 N–H and O–H groups in total. The summed E-state index contributed by atoms with van der Waals surface area (Å²) in [5.74, 6) is -0.784. The number of hydrogen-bond donors (Lipinski definition) is 3. The molecule has 3 nitrogen and oxygen atoms in total. The quantitative estimate of drug-likeness (QED) is 0.496. The SMILES string of the molecule is CC1CC(O)(C(F)(F)F)Cc2ccc(N)c(O)c21. The Morgan fingerprint density at radius 2 is 2.00 bits per heavy atom. The Balaban J connectivity index is 2.51. The molecule has 1 aliphatic carbocycles. The molecule has 0 aliphatic heterocycles. The lowest BCUT2D eigenvalue weighted by Crippen LogP contribution is -2.50. The van der Waals surface area contributed by atoms with Crippen LogP contribution in [0, 0.1) is 0 Å². The minimum Gasteiger partial charge on any atom is -0.505 e. The number of halogens is 3.